The molecule has 3 aliphatic heterocycles. The fourth-order valence-electron chi connectivity index (χ4n) is 3.98. The Bertz CT molecular complexity index is 853. The van der Waals surface area contributed by atoms with Crippen molar-refractivity contribution in [1.82, 2.24) is 0 Å². The van der Waals surface area contributed by atoms with Gasteiger partial charge in [0.15, 0.2) is 37.2 Å². The number of rotatable bonds is 7. The van der Waals surface area contributed by atoms with Crippen LogP contribution in [0.1, 0.15) is 0 Å². The maximum atomic E-state index is 11.8. The first-order chi connectivity index (χ1) is 17.2. The molecule has 212 valence electrons. The van der Waals surface area contributed by atoms with Crippen LogP contribution in [0.4, 0.5) is 0 Å². The Kier molecular flexibility index (Phi) is 9.01. The normalized spacial score (nSPS) is 48.8. The second-order valence-corrected chi connectivity index (χ2v) is 8.45. The molecule has 0 aliphatic carbocycles. The topological polar surface area (TPSA) is 320 Å². The Balaban J connectivity index is 1.81. The van der Waals surface area contributed by atoms with Crippen LogP contribution in [0.5, 0.6) is 0 Å². The molecule has 3 fully saturated rings. The lowest BCUT2D eigenvalue weighted by molar-refractivity contribution is -0.368. The molecule has 0 radical (unpaired) electrons. The molecule has 15 atom stereocenters. The summed E-state index contributed by atoms with van der Waals surface area (Å²) < 4.78 is 24.8. The molecule has 0 saturated carbocycles. The van der Waals surface area contributed by atoms with Gasteiger partial charge in [-0.2, -0.15) is 0 Å². The number of hydrogen-bond donors (Lipinski definition) is 11. The van der Waals surface area contributed by atoms with Gasteiger partial charge in [0.05, 0.1) is 0 Å². The second-order valence-electron chi connectivity index (χ2n) is 8.45. The van der Waals surface area contributed by atoms with Crippen molar-refractivity contribution < 1.29 is 94.2 Å². The molecule has 0 amide bonds. The lowest BCUT2D eigenvalue weighted by atomic mass is 9.95. The van der Waals surface area contributed by atoms with Crippen LogP contribution in [-0.2, 0) is 38.1 Å². The predicted molar refractivity (Wildman–Crippen MR) is 103 cm³/mol. The summed E-state index contributed by atoms with van der Waals surface area (Å²) in [7, 11) is 0. The van der Waals surface area contributed by atoms with Crippen molar-refractivity contribution in [3.63, 3.8) is 0 Å². The van der Waals surface area contributed by atoms with E-state index in [0.717, 1.165) is 0 Å². The van der Waals surface area contributed by atoms with Crippen LogP contribution in [0.15, 0.2) is 0 Å². The first-order valence-corrected chi connectivity index (χ1v) is 10.6. The standard InChI is InChI=1S/C18H26O19/c19-1-2(20)10(13(26)27)36-17(6(1)24)35-9-4(22)7(25)18(37-12(9)15(30)31)34-8-3(21)5(23)16(32)33-11(8)14(28)29/h1-12,16-25,32H,(H,26,27)(H,28,29)(H,30,31)/t1-,2-,3+,4+,5-,6-,7-,8-,9-,10+,11+,12-,16?,17+,18+/m0/s1. The van der Waals surface area contributed by atoms with Crippen LogP contribution in [0, 0.1) is 0 Å². The van der Waals surface area contributed by atoms with Crippen molar-refractivity contribution in [1.29, 1.82) is 0 Å². The lowest BCUT2D eigenvalue weighted by Gasteiger charge is -2.46. The van der Waals surface area contributed by atoms with E-state index < -0.39 is 110 Å². The number of carboxylic acid groups (broad SMARTS) is 3. The van der Waals surface area contributed by atoms with Crippen molar-refractivity contribution in [2.24, 2.45) is 0 Å². The first kappa shape index (κ1) is 29.4. The molecular weight excluding hydrogens is 520 g/mol. The van der Waals surface area contributed by atoms with Crippen molar-refractivity contribution >= 4 is 17.9 Å². The third kappa shape index (κ3) is 5.68. The number of carbonyl (C=O) groups is 3. The number of aliphatic carboxylic acids is 3. The third-order valence-corrected chi connectivity index (χ3v) is 5.99. The quantitative estimate of drug-likeness (QED) is 0.141. The fourth-order valence-corrected chi connectivity index (χ4v) is 3.98. The lowest BCUT2D eigenvalue weighted by Crippen LogP contribution is -2.67. The summed E-state index contributed by atoms with van der Waals surface area (Å²) in [6.45, 7) is 0. The molecule has 3 aliphatic rings. The van der Waals surface area contributed by atoms with E-state index >= 15 is 0 Å². The average Bonchev–Trinajstić information content (AvgIpc) is 2.82. The van der Waals surface area contributed by atoms with E-state index in [2.05, 4.69) is 4.74 Å². The predicted octanol–water partition coefficient (Wildman–Crippen LogP) is -7.30. The van der Waals surface area contributed by atoms with Crippen molar-refractivity contribution in [3.8, 4) is 0 Å². The minimum absolute atomic E-state index is 1.79. The molecule has 0 aromatic rings. The van der Waals surface area contributed by atoms with Gasteiger partial charge in [0.1, 0.15) is 54.9 Å². The Morgan fingerprint density at radius 1 is 0.459 bits per heavy atom. The van der Waals surface area contributed by atoms with Crippen LogP contribution >= 0.6 is 0 Å². The van der Waals surface area contributed by atoms with Crippen LogP contribution < -0.4 is 0 Å². The molecule has 0 spiro atoms. The molecule has 19 heteroatoms. The van der Waals surface area contributed by atoms with Gasteiger partial charge in [-0.15, -0.1) is 0 Å². The molecule has 3 heterocycles. The summed E-state index contributed by atoms with van der Waals surface area (Å²) in [4.78, 5) is 34.5. The molecule has 3 rings (SSSR count). The van der Waals surface area contributed by atoms with Gasteiger partial charge in [-0.3, -0.25) is 0 Å². The van der Waals surface area contributed by atoms with E-state index in [4.69, 9.17) is 24.1 Å². The SMILES string of the molecule is O=C(O)[C@H]1O[C@@H](O[C@H]2[C@H](O)[C@H](O)C(O)O[C@H]2C(=O)O)[C@@H](O)[C@@H](O)[C@@H]1O[C@@H]1O[C@@H](C(=O)O)[C@@H](O)[C@H](O)[C@@H]1O. The van der Waals surface area contributed by atoms with Gasteiger partial charge in [0.2, 0.25) is 0 Å². The first-order valence-electron chi connectivity index (χ1n) is 10.6. The maximum Gasteiger partial charge on any atom is 0.335 e. The number of aliphatic hydroxyl groups is 8. The van der Waals surface area contributed by atoms with Crippen LogP contribution in [-0.4, -0.2) is 166 Å². The minimum Gasteiger partial charge on any atom is -0.479 e. The molecule has 0 bridgehead atoms. The van der Waals surface area contributed by atoms with E-state index in [9.17, 15) is 65.4 Å². The summed E-state index contributed by atoms with van der Waals surface area (Å²) in [5.74, 6) is -5.46. The summed E-state index contributed by atoms with van der Waals surface area (Å²) in [6.07, 6.45) is -32.5. The number of aliphatic hydroxyl groups excluding tert-OH is 8. The van der Waals surface area contributed by atoms with Gasteiger partial charge in [-0.05, 0) is 0 Å². The molecule has 3 saturated heterocycles. The third-order valence-electron chi connectivity index (χ3n) is 5.99. The highest BCUT2D eigenvalue weighted by Crippen LogP contribution is 2.32. The van der Waals surface area contributed by atoms with E-state index in [1.807, 2.05) is 0 Å². The van der Waals surface area contributed by atoms with Crippen molar-refractivity contribution in [3.05, 3.63) is 0 Å². The van der Waals surface area contributed by atoms with E-state index in [0.29, 0.717) is 0 Å². The van der Waals surface area contributed by atoms with Crippen LogP contribution in [0.25, 0.3) is 0 Å². The van der Waals surface area contributed by atoms with Crippen LogP contribution in [0.2, 0.25) is 0 Å². The van der Waals surface area contributed by atoms with Gasteiger partial charge < -0.3 is 79.9 Å². The fraction of sp³-hybridized carbons (Fsp3) is 0.833. The molecule has 11 N–H and O–H groups in total. The highest BCUT2D eigenvalue weighted by atomic mass is 16.8. The number of ether oxygens (including phenoxy) is 5. The zero-order valence-electron chi connectivity index (χ0n) is 18.3. The Labute approximate surface area is 205 Å². The zero-order chi connectivity index (χ0) is 27.9. The van der Waals surface area contributed by atoms with E-state index in [1.54, 1.807) is 0 Å². The van der Waals surface area contributed by atoms with Gasteiger partial charge in [-0.1, -0.05) is 0 Å². The number of carboxylic acids is 3. The van der Waals surface area contributed by atoms with Gasteiger partial charge in [-0.25, -0.2) is 14.4 Å². The van der Waals surface area contributed by atoms with Gasteiger partial charge >= 0.3 is 17.9 Å². The second kappa shape index (κ2) is 11.3. The average molecular weight is 546 g/mol. The highest BCUT2D eigenvalue weighted by Gasteiger charge is 2.56. The Hall–Kier alpha value is -2.11. The van der Waals surface area contributed by atoms with E-state index in [-0.39, 0.29) is 0 Å². The monoisotopic (exact) mass is 546 g/mol. The summed E-state index contributed by atoms with van der Waals surface area (Å²) in [5, 5.41) is 108. The van der Waals surface area contributed by atoms with Gasteiger partial charge in [0.25, 0.3) is 0 Å². The van der Waals surface area contributed by atoms with E-state index in [1.165, 1.54) is 0 Å². The maximum absolute atomic E-state index is 11.8. The van der Waals surface area contributed by atoms with Crippen molar-refractivity contribution in [2.75, 3.05) is 0 Å². The highest BCUT2D eigenvalue weighted by molar-refractivity contribution is 5.74. The molecule has 19 nitrogen and oxygen atoms in total. The molecular formula is C18H26O19. The summed E-state index contributed by atoms with van der Waals surface area (Å²) >= 11 is 0. The van der Waals surface area contributed by atoms with Crippen molar-refractivity contribution in [2.45, 2.75) is 92.1 Å². The zero-order valence-corrected chi connectivity index (χ0v) is 18.3. The van der Waals surface area contributed by atoms with Crippen LogP contribution in [0.3, 0.4) is 0 Å². The number of hydrogen-bond acceptors (Lipinski definition) is 16. The minimum atomic E-state index is -2.29. The Morgan fingerprint density at radius 2 is 0.838 bits per heavy atom. The Morgan fingerprint density at radius 3 is 1.30 bits per heavy atom. The molecule has 0 aromatic heterocycles. The largest absolute Gasteiger partial charge is 0.479 e. The summed E-state index contributed by atoms with van der Waals surface area (Å²) in [6, 6.07) is 0. The smallest absolute Gasteiger partial charge is 0.335 e. The van der Waals surface area contributed by atoms with Gasteiger partial charge in [0, 0.05) is 0 Å². The molecule has 0 aromatic carbocycles. The molecule has 37 heavy (non-hydrogen) atoms. The summed E-state index contributed by atoms with van der Waals surface area (Å²) in [5.41, 5.74) is 0. The molecule has 1 unspecified atom stereocenters.